The first-order valence-corrected chi connectivity index (χ1v) is 9.53. The maximum Gasteiger partial charge on any atom is 0.342 e. The quantitative estimate of drug-likeness (QED) is 0.287. The molecule has 1 aromatic carbocycles. The maximum absolute atomic E-state index is 12.6. The van der Waals surface area contributed by atoms with Crippen LogP contribution in [0.5, 0.6) is 0 Å². The molecule has 2 unspecified atom stereocenters. The van der Waals surface area contributed by atoms with Gasteiger partial charge in [0, 0.05) is 25.0 Å². The summed E-state index contributed by atoms with van der Waals surface area (Å²) >= 11 is 0. The van der Waals surface area contributed by atoms with Crippen LogP contribution in [0.2, 0.25) is 0 Å². The molecule has 8 heteroatoms. The number of ether oxygens (including phenoxy) is 4. The van der Waals surface area contributed by atoms with Crippen LogP contribution in [-0.2, 0) is 28.5 Å². The lowest BCUT2D eigenvalue weighted by molar-refractivity contribution is -0.165. The average molecular weight is 418 g/mol. The summed E-state index contributed by atoms with van der Waals surface area (Å²) in [4.78, 5) is 48.1. The van der Waals surface area contributed by atoms with Gasteiger partial charge in [0.2, 0.25) is 12.6 Å². The lowest BCUT2D eigenvalue weighted by Crippen LogP contribution is -2.27. The Balaban J connectivity index is 3.00. The molecule has 0 spiro atoms. The predicted molar refractivity (Wildman–Crippen MR) is 107 cm³/mol. The standard InChI is InChI=1S/C22H26O8/c1-5-11-19(27-17(23)7-3)29-21(25)15-13-9-10-14-16(15)22(26)30-20(12-6-2)28-18(24)8-4/h7-10,13-14,19-20H,3-6,11-12H2,1-2H3. The highest BCUT2D eigenvalue weighted by molar-refractivity contribution is 6.03. The van der Waals surface area contributed by atoms with Crippen LogP contribution in [-0.4, -0.2) is 36.5 Å². The van der Waals surface area contributed by atoms with Crippen LogP contribution in [0.25, 0.3) is 0 Å². The van der Waals surface area contributed by atoms with E-state index in [1.165, 1.54) is 12.1 Å². The highest BCUT2D eigenvalue weighted by Gasteiger charge is 2.25. The minimum absolute atomic E-state index is 0.0800. The monoisotopic (exact) mass is 418 g/mol. The van der Waals surface area contributed by atoms with Crippen molar-refractivity contribution in [3.05, 3.63) is 60.7 Å². The Morgan fingerprint density at radius 3 is 1.43 bits per heavy atom. The molecule has 0 amide bonds. The van der Waals surface area contributed by atoms with Gasteiger partial charge in [0.25, 0.3) is 0 Å². The van der Waals surface area contributed by atoms with Crippen molar-refractivity contribution < 1.29 is 38.1 Å². The van der Waals surface area contributed by atoms with E-state index in [1.54, 1.807) is 12.1 Å². The van der Waals surface area contributed by atoms with Crippen LogP contribution in [0.3, 0.4) is 0 Å². The molecule has 0 aromatic heterocycles. The van der Waals surface area contributed by atoms with Crippen molar-refractivity contribution in [2.24, 2.45) is 0 Å². The summed E-state index contributed by atoms with van der Waals surface area (Å²) < 4.78 is 20.5. The fraction of sp³-hybridized carbons (Fsp3) is 0.364. The molecule has 0 aliphatic heterocycles. The molecule has 2 atom stereocenters. The van der Waals surface area contributed by atoms with Gasteiger partial charge >= 0.3 is 23.9 Å². The van der Waals surface area contributed by atoms with Gasteiger partial charge in [-0.05, 0) is 25.0 Å². The van der Waals surface area contributed by atoms with Crippen LogP contribution in [0, 0.1) is 0 Å². The summed E-state index contributed by atoms with van der Waals surface area (Å²) in [5.41, 5.74) is -0.160. The molecule has 0 heterocycles. The van der Waals surface area contributed by atoms with Crippen molar-refractivity contribution in [3.63, 3.8) is 0 Å². The summed E-state index contributed by atoms with van der Waals surface area (Å²) in [6, 6.07) is 5.84. The van der Waals surface area contributed by atoms with Gasteiger partial charge < -0.3 is 18.9 Å². The Kier molecular flexibility index (Phi) is 10.6. The zero-order valence-electron chi connectivity index (χ0n) is 17.1. The van der Waals surface area contributed by atoms with Crippen LogP contribution < -0.4 is 0 Å². The molecule has 0 radical (unpaired) electrons. The van der Waals surface area contributed by atoms with Crippen molar-refractivity contribution in [1.29, 1.82) is 0 Å². The smallest absolute Gasteiger partial charge is 0.342 e. The summed E-state index contributed by atoms with van der Waals surface area (Å²) in [5.74, 6) is -3.21. The summed E-state index contributed by atoms with van der Waals surface area (Å²) in [6.07, 6.45) is 1.37. The number of rotatable bonds is 12. The third-order valence-corrected chi connectivity index (χ3v) is 3.72. The van der Waals surface area contributed by atoms with E-state index in [0.29, 0.717) is 12.8 Å². The van der Waals surface area contributed by atoms with Crippen molar-refractivity contribution in [3.8, 4) is 0 Å². The van der Waals surface area contributed by atoms with Gasteiger partial charge in [0.15, 0.2) is 0 Å². The van der Waals surface area contributed by atoms with Crippen LogP contribution >= 0.6 is 0 Å². The van der Waals surface area contributed by atoms with Gasteiger partial charge in [-0.2, -0.15) is 0 Å². The second-order valence-electron chi connectivity index (χ2n) is 6.07. The first kappa shape index (κ1) is 24.6. The van der Waals surface area contributed by atoms with E-state index < -0.39 is 36.5 Å². The molecule has 1 rings (SSSR count). The van der Waals surface area contributed by atoms with E-state index in [2.05, 4.69) is 13.2 Å². The fourth-order valence-corrected chi connectivity index (χ4v) is 2.32. The minimum Gasteiger partial charge on any atom is -0.422 e. The van der Waals surface area contributed by atoms with E-state index in [0.717, 1.165) is 12.2 Å². The van der Waals surface area contributed by atoms with Crippen molar-refractivity contribution in [2.45, 2.75) is 52.1 Å². The van der Waals surface area contributed by atoms with Crippen LogP contribution in [0.4, 0.5) is 0 Å². The first-order chi connectivity index (χ1) is 14.4. The minimum atomic E-state index is -1.13. The lowest BCUT2D eigenvalue weighted by atomic mass is 10.1. The SMILES string of the molecule is C=CC(=O)OC(CCC)OC(=O)c1ccccc1C(=O)OC(CCC)OC(=O)C=C. The number of hydrogen-bond acceptors (Lipinski definition) is 8. The summed E-state index contributed by atoms with van der Waals surface area (Å²) in [5, 5.41) is 0. The molecule has 0 aliphatic rings. The second kappa shape index (κ2) is 12.9. The zero-order chi connectivity index (χ0) is 22.5. The van der Waals surface area contributed by atoms with E-state index in [9.17, 15) is 19.2 Å². The predicted octanol–water partition coefficient (Wildman–Crippen LogP) is 3.71. The summed E-state index contributed by atoms with van der Waals surface area (Å²) in [7, 11) is 0. The third kappa shape index (κ3) is 7.90. The van der Waals surface area contributed by atoms with Gasteiger partial charge in [-0.25, -0.2) is 19.2 Å². The van der Waals surface area contributed by atoms with Gasteiger partial charge in [-0.3, -0.25) is 0 Å². The Labute approximate surface area is 175 Å². The number of carbonyl (C=O) groups excluding carboxylic acids is 4. The van der Waals surface area contributed by atoms with Crippen molar-refractivity contribution in [2.75, 3.05) is 0 Å². The van der Waals surface area contributed by atoms with Crippen LogP contribution in [0.15, 0.2) is 49.6 Å². The molecule has 0 N–H and O–H groups in total. The molecular weight excluding hydrogens is 392 g/mol. The molecule has 30 heavy (non-hydrogen) atoms. The largest absolute Gasteiger partial charge is 0.422 e. The molecule has 1 aromatic rings. The fourth-order valence-electron chi connectivity index (χ4n) is 2.32. The van der Waals surface area contributed by atoms with Gasteiger partial charge in [0.05, 0.1) is 11.1 Å². The van der Waals surface area contributed by atoms with Gasteiger partial charge in [-0.1, -0.05) is 39.1 Å². The highest BCUT2D eigenvalue weighted by atomic mass is 16.7. The van der Waals surface area contributed by atoms with E-state index >= 15 is 0 Å². The molecule has 162 valence electrons. The van der Waals surface area contributed by atoms with Crippen molar-refractivity contribution >= 4 is 23.9 Å². The van der Waals surface area contributed by atoms with Crippen LogP contribution in [0.1, 0.15) is 60.2 Å². The van der Waals surface area contributed by atoms with Gasteiger partial charge in [-0.15, -0.1) is 0 Å². The van der Waals surface area contributed by atoms with Gasteiger partial charge in [0.1, 0.15) is 0 Å². The lowest BCUT2D eigenvalue weighted by Gasteiger charge is -2.19. The maximum atomic E-state index is 12.6. The molecule has 0 saturated carbocycles. The van der Waals surface area contributed by atoms with E-state index in [1.807, 2.05) is 13.8 Å². The van der Waals surface area contributed by atoms with Crippen molar-refractivity contribution in [1.82, 2.24) is 0 Å². The number of benzene rings is 1. The Morgan fingerprint density at radius 2 is 1.13 bits per heavy atom. The van der Waals surface area contributed by atoms with E-state index in [4.69, 9.17) is 18.9 Å². The highest BCUT2D eigenvalue weighted by Crippen LogP contribution is 2.17. The Hall–Kier alpha value is -3.42. The third-order valence-electron chi connectivity index (χ3n) is 3.72. The Morgan fingerprint density at radius 1 is 0.767 bits per heavy atom. The topological polar surface area (TPSA) is 105 Å². The molecular formula is C22H26O8. The first-order valence-electron chi connectivity index (χ1n) is 9.53. The molecule has 0 aliphatic carbocycles. The summed E-state index contributed by atoms with van der Waals surface area (Å²) in [6.45, 7) is 10.3. The second-order valence-corrected chi connectivity index (χ2v) is 6.07. The Bertz CT molecular complexity index is 718. The average Bonchev–Trinajstić information content (AvgIpc) is 2.73. The molecule has 8 nitrogen and oxygen atoms in total. The zero-order valence-corrected chi connectivity index (χ0v) is 17.1. The molecule has 0 bridgehead atoms. The van der Waals surface area contributed by atoms with E-state index in [-0.39, 0.29) is 24.0 Å². The number of esters is 4. The normalized spacial score (nSPS) is 12.1. The molecule has 0 saturated heterocycles. The molecule has 0 fully saturated rings. The number of hydrogen-bond donors (Lipinski definition) is 0. The number of carbonyl (C=O) groups is 4.